The number of rotatable bonds is 5. The maximum absolute atomic E-state index is 13.3. The average molecular weight is 405 g/mol. The molecule has 0 radical (unpaired) electrons. The Morgan fingerprint density at radius 1 is 1.17 bits per heavy atom. The van der Waals surface area contributed by atoms with E-state index in [1.54, 1.807) is 0 Å². The van der Waals surface area contributed by atoms with E-state index >= 15 is 0 Å². The molecule has 1 fully saturated rings. The van der Waals surface area contributed by atoms with Crippen LogP contribution in [0.4, 0.5) is 10.5 Å². The Morgan fingerprint density at radius 2 is 1.90 bits per heavy atom. The zero-order valence-electron chi connectivity index (χ0n) is 17.4. The maximum atomic E-state index is 13.3. The molecule has 1 spiro atoms. The summed E-state index contributed by atoms with van der Waals surface area (Å²) in [5, 5.41) is 5.67. The van der Waals surface area contributed by atoms with Gasteiger partial charge in [-0.15, -0.1) is 0 Å². The fourth-order valence-corrected chi connectivity index (χ4v) is 4.43. The van der Waals surface area contributed by atoms with Crippen LogP contribution in [0.3, 0.4) is 0 Å². The van der Waals surface area contributed by atoms with E-state index in [4.69, 9.17) is 0 Å². The van der Waals surface area contributed by atoms with Crippen LogP contribution in [-0.2, 0) is 21.5 Å². The van der Waals surface area contributed by atoms with Crippen LogP contribution in [0, 0.1) is 0 Å². The standard InChI is InChI=1S/C24H27N3O3/c1-3-16(2)17-10-12-19(13-11-17)25-21(28)15-27-22(29)24(26-23(27)30)14-6-8-18-7-4-5-9-20(18)24/h4-5,7,9-13,16H,3,6,8,14-15H2,1-2H3,(H,25,28)(H,26,30)/t16-,24+/m0/s1. The van der Waals surface area contributed by atoms with Crippen LogP contribution in [0.5, 0.6) is 0 Å². The van der Waals surface area contributed by atoms with E-state index in [9.17, 15) is 14.4 Å². The third-order valence-electron chi connectivity index (χ3n) is 6.33. The molecule has 2 aromatic rings. The highest BCUT2D eigenvalue weighted by atomic mass is 16.2. The van der Waals surface area contributed by atoms with E-state index in [-0.39, 0.29) is 12.5 Å². The molecule has 2 atom stereocenters. The molecule has 1 saturated heterocycles. The SMILES string of the molecule is CC[C@H](C)c1ccc(NC(=O)CN2C(=O)N[C@@]3(CCCc4ccccc43)C2=O)cc1. The zero-order chi connectivity index (χ0) is 21.3. The van der Waals surface area contributed by atoms with Crippen molar-refractivity contribution in [2.45, 2.75) is 51.0 Å². The quantitative estimate of drug-likeness (QED) is 0.740. The van der Waals surface area contributed by atoms with Gasteiger partial charge in [0.1, 0.15) is 12.1 Å². The summed E-state index contributed by atoms with van der Waals surface area (Å²) in [6, 6.07) is 14.9. The number of nitrogens with zero attached hydrogens (tertiary/aromatic N) is 1. The molecule has 0 bridgehead atoms. The van der Waals surface area contributed by atoms with Gasteiger partial charge in [0.2, 0.25) is 5.91 Å². The van der Waals surface area contributed by atoms with Crippen molar-refractivity contribution in [3.05, 3.63) is 65.2 Å². The Balaban J connectivity index is 1.47. The fraction of sp³-hybridized carbons (Fsp3) is 0.375. The molecule has 0 unspecified atom stereocenters. The third-order valence-corrected chi connectivity index (χ3v) is 6.33. The van der Waals surface area contributed by atoms with Crippen molar-refractivity contribution in [2.24, 2.45) is 0 Å². The number of fused-ring (bicyclic) bond motifs is 2. The molecule has 0 aromatic heterocycles. The summed E-state index contributed by atoms with van der Waals surface area (Å²) in [6.45, 7) is 3.99. The highest BCUT2D eigenvalue weighted by Gasteiger charge is 2.54. The third kappa shape index (κ3) is 3.47. The first-order valence-electron chi connectivity index (χ1n) is 10.6. The molecule has 2 N–H and O–H groups in total. The molecule has 156 valence electrons. The number of benzene rings is 2. The Kier molecular flexibility index (Phi) is 5.33. The van der Waals surface area contributed by atoms with Gasteiger partial charge < -0.3 is 10.6 Å². The summed E-state index contributed by atoms with van der Waals surface area (Å²) in [4.78, 5) is 39.5. The lowest BCUT2D eigenvalue weighted by Gasteiger charge is -2.33. The second-order valence-corrected chi connectivity index (χ2v) is 8.22. The van der Waals surface area contributed by atoms with Crippen LogP contribution in [0.25, 0.3) is 0 Å². The Hall–Kier alpha value is -3.15. The lowest BCUT2D eigenvalue weighted by atomic mass is 9.76. The van der Waals surface area contributed by atoms with E-state index in [1.807, 2.05) is 48.5 Å². The number of carbonyl (C=O) groups is 3. The van der Waals surface area contributed by atoms with Crippen LogP contribution in [0.1, 0.15) is 55.7 Å². The van der Waals surface area contributed by atoms with Crippen LogP contribution in [-0.4, -0.2) is 29.3 Å². The fourth-order valence-electron chi connectivity index (χ4n) is 4.43. The number of urea groups is 1. The lowest BCUT2D eigenvalue weighted by Crippen LogP contribution is -2.47. The van der Waals surface area contributed by atoms with E-state index < -0.39 is 17.5 Å². The van der Waals surface area contributed by atoms with Crippen molar-refractivity contribution >= 4 is 23.5 Å². The predicted molar refractivity (Wildman–Crippen MR) is 115 cm³/mol. The number of aryl methyl sites for hydroxylation is 1. The second-order valence-electron chi connectivity index (χ2n) is 8.22. The van der Waals surface area contributed by atoms with Gasteiger partial charge in [0.05, 0.1) is 0 Å². The second kappa shape index (κ2) is 7.94. The van der Waals surface area contributed by atoms with Crippen LogP contribution < -0.4 is 10.6 Å². The normalized spacial score (nSPS) is 21.3. The Labute approximate surface area is 176 Å². The van der Waals surface area contributed by atoms with Crippen molar-refractivity contribution in [1.82, 2.24) is 10.2 Å². The minimum absolute atomic E-state index is 0.304. The van der Waals surface area contributed by atoms with Crippen LogP contribution >= 0.6 is 0 Å². The molecule has 6 heteroatoms. The van der Waals surface area contributed by atoms with Gasteiger partial charge in [-0.2, -0.15) is 0 Å². The van der Waals surface area contributed by atoms with Gasteiger partial charge in [-0.3, -0.25) is 14.5 Å². The van der Waals surface area contributed by atoms with Crippen molar-refractivity contribution in [1.29, 1.82) is 0 Å². The van der Waals surface area contributed by atoms with Crippen molar-refractivity contribution in [3.63, 3.8) is 0 Å². The summed E-state index contributed by atoms with van der Waals surface area (Å²) in [7, 11) is 0. The number of nitrogens with one attached hydrogen (secondary N) is 2. The van der Waals surface area contributed by atoms with Gasteiger partial charge in [-0.25, -0.2) is 4.79 Å². The first kappa shape index (κ1) is 20.1. The summed E-state index contributed by atoms with van der Waals surface area (Å²) >= 11 is 0. The van der Waals surface area contributed by atoms with Gasteiger partial charge in [0.25, 0.3) is 5.91 Å². The maximum Gasteiger partial charge on any atom is 0.325 e. The van der Waals surface area contributed by atoms with Gasteiger partial charge >= 0.3 is 6.03 Å². The molecule has 1 heterocycles. The molecule has 6 nitrogen and oxygen atoms in total. The molecule has 1 aliphatic carbocycles. The lowest BCUT2D eigenvalue weighted by molar-refractivity contribution is -0.134. The Morgan fingerprint density at radius 3 is 2.63 bits per heavy atom. The van der Waals surface area contributed by atoms with Crippen LogP contribution in [0.2, 0.25) is 0 Å². The number of imide groups is 1. The first-order valence-corrected chi connectivity index (χ1v) is 10.6. The van der Waals surface area contributed by atoms with E-state index in [1.165, 1.54) is 5.56 Å². The molecule has 30 heavy (non-hydrogen) atoms. The zero-order valence-corrected chi connectivity index (χ0v) is 17.4. The average Bonchev–Trinajstić information content (AvgIpc) is 2.98. The molecule has 2 aromatic carbocycles. The first-order chi connectivity index (χ1) is 14.4. The minimum Gasteiger partial charge on any atom is -0.325 e. The van der Waals surface area contributed by atoms with Crippen LogP contribution in [0.15, 0.2) is 48.5 Å². The highest BCUT2D eigenvalue weighted by molar-refractivity contribution is 6.10. The van der Waals surface area contributed by atoms with Gasteiger partial charge in [-0.1, -0.05) is 50.2 Å². The van der Waals surface area contributed by atoms with Gasteiger partial charge in [0, 0.05) is 5.69 Å². The molecular weight excluding hydrogens is 378 g/mol. The molecule has 4 amide bonds. The molecular formula is C24H27N3O3. The number of hydrogen-bond acceptors (Lipinski definition) is 3. The van der Waals surface area contributed by atoms with Crippen molar-refractivity contribution < 1.29 is 14.4 Å². The monoisotopic (exact) mass is 405 g/mol. The number of amides is 4. The summed E-state index contributed by atoms with van der Waals surface area (Å²) < 4.78 is 0. The summed E-state index contributed by atoms with van der Waals surface area (Å²) in [5.74, 6) is -0.284. The van der Waals surface area contributed by atoms with Crippen molar-refractivity contribution in [2.75, 3.05) is 11.9 Å². The highest BCUT2D eigenvalue weighted by Crippen LogP contribution is 2.39. The van der Waals surface area contributed by atoms with Gasteiger partial charge in [0.15, 0.2) is 0 Å². The van der Waals surface area contributed by atoms with Crippen molar-refractivity contribution in [3.8, 4) is 0 Å². The summed E-state index contributed by atoms with van der Waals surface area (Å²) in [5.41, 5.74) is 2.73. The predicted octanol–water partition coefficient (Wildman–Crippen LogP) is 3.92. The van der Waals surface area contributed by atoms with E-state index in [0.29, 0.717) is 18.0 Å². The minimum atomic E-state index is -1.05. The van der Waals surface area contributed by atoms with E-state index in [0.717, 1.165) is 35.3 Å². The summed E-state index contributed by atoms with van der Waals surface area (Å²) in [6.07, 6.45) is 3.28. The van der Waals surface area contributed by atoms with E-state index in [2.05, 4.69) is 24.5 Å². The number of carbonyl (C=O) groups excluding carboxylic acids is 3. The number of anilines is 1. The largest absolute Gasteiger partial charge is 0.325 e. The smallest absolute Gasteiger partial charge is 0.325 e. The topological polar surface area (TPSA) is 78.5 Å². The Bertz CT molecular complexity index is 985. The molecule has 2 aliphatic rings. The van der Waals surface area contributed by atoms with Gasteiger partial charge in [-0.05, 0) is 60.4 Å². The molecule has 4 rings (SSSR count). The molecule has 1 aliphatic heterocycles. The number of hydrogen-bond donors (Lipinski definition) is 2. The molecule has 0 saturated carbocycles.